The van der Waals surface area contributed by atoms with Crippen molar-refractivity contribution in [1.29, 1.82) is 0 Å². The number of sulfone groups is 1. The molecule has 0 saturated heterocycles. The number of carbonyl (C=O) groups excluding carboxylic acids is 1. The first-order valence-corrected chi connectivity index (χ1v) is 9.98. The van der Waals surface area contributed by atoms with Gasteiger partial charge in [0.25, 0.3) is 0 Å². The van der Waals surface area contributed by atoms with E-state index in [1.54, 1.807) is 23.6 Å². The van der Waals surface area contributed by atoms with E-state index in [0.29, 0.717) is 16.4 Å². The summed E-state index contributed by atoms with van der Waals surface area (Å²) in [5, 5.41) is 3.44. The van der Waals surface area contributed by atoms with Crippen LogP contribution >= 0.6 is 22.9 Å². The summed E-state index contributed by atoms with van der Waals surface area (Å²) in [7, 11) is -3.73. The van der Waals surface area contributed by atoms with Gasteiger partial charge in [-0.3, -0.25) is 4.79 Å². The second-order valence-corrected chi connectivity index (χ2v) is 8.38. The molecular weight excluding hydrogens is 374 g/mol. The molecule has 0 saturated carbocycles. The summed E-state index contributed by atoms with van der Waals surface area (Å²) >= 11 is 6.78. The van der Waals surface area contributed by atoms with E-state index in [9.17, 15) is 13.2 Å². The Hall–Kier alpha value is -1.77. The number of alkyl halides is 1. The van der Waals surface area contributed by atoms with E-state index in [-0.39, 0.29) is 24.1 Å². The van der Waals surface area contributed by atoms with Crippen LogP contribution < -0.4 is 14.8 Å². The van der Waals surface area contributed by atoms with E-state index in [0.717, 1.165) is 0 Å². The van der Waals surface area contributed by atoms with E-state index >= 15 is 0 Å². The van der Waals surface area contributed by atoms with Crippen molar-refractivity contribution in [3.05, 3.63) is 40.6 Å². The molecule has 24 heavy (non-hydrogen) atoms. The molecule has 6 nitrogen and oxygen atoms in total. The molecule has 1 aliphatic heterocycles. The molecule has 0 bridgehead atoms. The van der Waals surface area contributed by atoms with E-state index in [1.807, 2.05) is 0 Å². The minimum atomic E-state index is -3.73. The Labute approximate surface area is 148 Å². The molecule has 2 heterocycles. The normalized spacial score (nSPS) is 14.4. The molecule has 3 rings (SSSR count). The summed E-state index contributed by atoms with van der Waals surface area (Å²) in [6.45, 7) is 0.0157. The van der Waals surface area contributed by atoms with Crippen LogP contribution in [0.15, 0.2) is 40.6 Å². The molecule has 0 aliphatic carbocycles. The molecule has 0 fully saturated rings. The van der Waals surface area contributed by atoms with Crippen LogP contribution in [-0.4, -0.2) is 33.5 Å². The van der Waals surface area contributed by atoms with Gasteiger partial charge in [-0.1, -0.05) is 6.07 Å². The van der Waals surface area contributed by atoms with Crippen LogP contribution in [0, 0.1) is 0 Å². The lowest BCUT2D eigenvalue weighted by molar-refractivity contribution is -0.118. The molecule has 0 radical (unpaired) electrons. The molecule has 9 heteroatoms. The van der Waals surface area contributed by atoms with Crippen molar-refractivity contribution in [1.82, 2.24) is 5.32 Å². The van der Waals surface area contributed by atoms with Crippen molar-refractivity contribution in [2.75, 3.05) is 19.2 Å². The quantitative estimate of drug-likeness (QED) is 0.769. The predicted molar refractivity (Wildman–Crippen MR) is 90.5 cm³/mol. The lowest BCUT2D eigenvalue weighted by Gasteiger charge is -2.17. The van der Waals surface area contributed by atoms with Gasteiger partial charge in [-0.2, -0.15) is 0 Å². The molecule has 1 atom stereocenters. The highest BCUT2D eigenvalue weighted by atomic mass is 35.5. The number of ether oxygens (including phenoxy) is 2. The van der Waals surface area contributed by atoms with Gasteiger partial charge in [0.05, 0.1) is 4.90 Å². The highest BCUT2D eigenvalue weighted by Crippen LogP contribution is 2.38. The average molecular weight is 388 g/mol. The number of hydrogen-bond acceptors (Lipinski definition) is 6. The van der Waals surface area contributed by atoms with Crippen LogP contribution in [0.1, 0.15) is 10.1 Å². The van der Waals surface area contributed by atoms with Gasteiger partial charge >= 0.3 is 0 Å². The number of rotatable bonds is 6. The van der Waals surface area contributed by atoms with Gasteiger partial charge in [0.2, 0.25) is 12.7 Å². The van der Waals surface area contributed by atoms with Crippen LogP contribution in [0.5, 0.6) is 11.5 Å². The third-order valence-corrected chi connectivity index (χ3v) is 6.97. The van der Waals surface area contributed by atoms with Crippen molar-refractivity contribution in [3.8, 4) is 11.5 Å². The second-order valence-electron chi connectivity index (χ2n) is 5.00. The fourth-order valence-corrected chi connectivity index (χ4v) is 5.20. The lowest BCUT2D eigenvalue weighted by Crippen LogP contribution is -2.32. The fraction of sp³-hybridized carbons (Fsp3) is 0.267. The maximum absolute atomic E-state index is 13.1. The Morgan fingerprint density at radius 3 is 2.79 bits per heavy atom. The second kappa shape index (κ2) is 7.00. The largest absolute Gasteiger partial charge is 0.454 e. The number of hydrogen-bond donors (Lipinski definition) is 1. The molecule has 1 aromatic heterocycles. The molecule has 0 spiro atoms. The third kappa shape index (κ3) is 3.35. The summed E-state index contributed by atoms with van der Waals surface area (Å²) in [6.07, 6.45) is 0. The Morgan fingerprint density at radius 1 is 1.29 bits per heavy atom. The van der Waals surface area contributed by atoms with E-state index < -0.39 is 21.0 Å². The molecule has 1 aromatic carbocycles. The molecule has 1 amide bonds. The van der Waals surface area contributed by atoms with Crippen LogP contribution in [0.2, 0.25) is 0 Å². The number of nitrogens with one attached hydrogen (secondary N) is 1. The number of amides is 1. The summed E-state index contributed by atoms with van der Waals surface area (Å²) in [6, 6.07) is 7.99. The Bertz CT molecular complexity index is 836. The van der Waals surface area contributed by atoms with Gasteiger partial charge in [-0.15, -0.1) is 22.9 Å². The minimum absolute atomic E-state index is 0.0527. The smallest absolute Gasteiger partial charge is 0.234 e. The Kier molecular flexibility index (Phi) is 4.98. The van der Waals surface area contributed by atoms with Crippen molar-refractivity contribution in [2.24, 2.45) is 0 Å². The SMILES string of the molecule is O=C(CCl)NC[C@@H](c1cccs1)S(=O)(=O)c1ccc2c(c1)OCO2. The number of halogens is 1. The van der Waals surface area contributed by atoms with Crippen molar-refractivity contribution in [2.45, 2.75) is 10.1 Å². The summed E-state index contributed by atoms with van der Waals surface area (Å²) in [5.74, 6) is 0.267. The topological polar surface area (TPSA) is 81.7 Å². The maximum atomic E-state index is 13.1. The van der Waals surface area contributed by atoms with E-state index in [2.05, 4.69) is 5.32 Å². The first-order valence-electron chi connectivity index (χ1n) is 7.02. The van der Waals surface area contributed by atoms with Gasteiger partial charge in [0.15, 0.2) is 21.3 Å². The zero-order chi connectivity index (χ0) is 17.2. The molecule has 0 unspecified atom stereocenters. The highest BCUT2D eigenvalue weighted by Gasteiger charge is 2.31. The summed E-state index contributed by atoms with van der Waals surface area (Å²) in [5.41, 5.74) is 0. The monoisotopic (exact) mass is 387 g/mol. The number of fused-ring (bicyclic) bond motifs is 1. The number of carbonyl (C=O) groups is 1. The van der Waals surface area contributed by atoms with Gasteiger partial charge in [-0.25, -0.2) is 8.42 Å². The van der Waals surface area contributed by atoms with Crippen molar-refractivity contribution < 1.29 is 22.7 Å². The fourth-order valence-electron chi connectivity index (χ4n) is 2.31. The van der Waals surface area contributed by atoms with Gasteiger partial charge < -0.3 is 14.8 Å². The molecule has 128 valence electrons. The molecular formula is C15H14ClNO5S2. The van der Waals surface area contributed by atoms with Crippen molar-refractivity contribution >= 4 is 38.7 Å². The van der Waals surface area contributed by atoms with E-state index in [1.165, 1.54) is 23.5 Å². The van der Waals surface area contributed by atoms with Gasteiger partial charge in [-0.05, 0) is 23.6 Å². The van der Waals surface area contributed by atoms with Crippen molar-refractivity contribution in [3.63, 3.8) is 0 Å². The van der Waals surface area contributed by atoms with Crippen LogP contribution in [0.4, 0.5) is 0 Å². The zero-order valence-corrected chi connectivity index (χ0v) is 14.8. The lowest BCUT2D eigenvalue weighted by atomic mass is 10.3. The molecule has 1 aliphatic rings. The van der Waals surface area contributed by atoms with Gasteiger partial charge in [0.1, 0.15) is 11.1 Å². The standard InChI is InChI=1S/C15H14ClNO5S2/c16-7-15(18)17-8-14(13-2-1-5-23-13)24(19,20)10-3-4-11-12(6-10)22-9-21-11/h1-6,14H,7-9H2,(H,17,18)/t14-/m0/s1. The van der Waals surface area contributed by atoms with Crippen LogP contribution in [0.3, 0.4) is 0 Å². The zero-order valence-electron chi connectivity index (χ0n) is 12.4. The van der Waals surface area contributed by atoms with Gasteiger partial charge in [0, 0.05) is 17.5 Å². The highest BCUT2D eigenvalue weighted by molar-refractivity contribution is 7.91. The van der Waals surface area contributed by atoms with Crippen LogP contribution in [-0.2, 0) is 14.6 Å². The summed E-state index contributed by atoms with van der Waals surface area (Å²) in [4.78, 5) is 12.2. The first-order chi connectivity index (χ1) is 11.5. The number of thiophene rings is 1. The van der Waals surface area contributed by atoms with Crippen LogP contribution in [0.25, 0.3) is 0 Å². The molecule has 1 N–H and O–H groups in total. The Morgan fingerprint density at radius 2 is 2.08 bits per heavy atom. The first kappa shape index (κ1) is 17.1. The Balaban J connectivity index is 1.94. The predicted octanol–water partition coefficient (Wildman–Crippen LogP) is 2.35. The number of benzene rings is 1. The average Bonchev–Trinajstić information content (AvgIpc) is 3.25. The molecule has 2 aromatic rings. The van der Waals surface area contributed by atoms with E-state index in [4.69, 9.17) is 21.1 Å². The summed E-state index contributed by atoms with van der Waals surface area (Å²) < 4.78 is 36.6. The maximum Gasteiger partial charge on any atom is 0.234 e. The third-order valence-electron chi connectivity index (χ3n) is 3.51. The minimum Gasteiger partial charge on any atom is -0.454 e.